The summed E-state index contributed by atoms with van der Waals surface area (Å²) >= 11 is 1.26. The Morgan fingerprint density at radius 1 is 1.47 bits per heavy atom. The number of nitrogens with one attached hydrogen (secondary N) is 1. The second-order valence-corrected chi connectivity index (χ2v) is 4.99. The number of likely N-dealkylation sites (tertiary alicyclic amines) is 1. The molecule has 1 aromatic rings. The zero-order valence-corrected chi connectivity index (χ0v) is 10.6. The quantitative estimate of drug-likeness (QED) is 0.775. The summed E-state index contributed by atoms with van der Waals surface area (Å²) in [4.78, 5) is 2.48. The van der Waals surface area contributed by atoms with Gasteiger partial charge in [0.1, 0.15) is 16.6 Å². The number of nitrogen functional groups attached to an aromatic ring is 1. The van der Waals surface area contributed by atoms with Crippen LogP contribution in [0.15, 0.2) is 0 Å². The Labute approximate surface area is 105 Å². The smallest absolute Gasteiger partial charge is 0.157 e. The Bertz CT molecular complexity index is 402. The van der Waals surface area contributed by atoms with E-state index in [1.54, 1.807) is 0 Å². The van der Waals surface area contributed by atoms with Crippen LogP contribution in [0.3, 0.4) is 0 Å². The first-order valence-corrected chi connectivity index (χ1v) is 6.70. The SMILES string of the molecule is N#Cc1c(N)nsc1NCCCN1CCCC1. The van der Waals surface area contributed by atoms with Crippen LogP contribution in [0.1, 0.15) is 24.8 Å². The molecule has 2 heterocycles. The average Bonchev–Trinajstić information content (AvgIpc) is 2.94. The van der Waals surface area contributed by atoms with Crippen molar-refractivity contribution in [3.63, 3.8) is 0 Å². The van der Waals surface area contributed by atoms with Crippen molar-refractivity contribution in [1.82, 2.24) is 9.27 Å². The first-order chi connectivity index (χ1) is 8.31. The number of hydrogen-bond acceptors (Lipinski definition) is 6. The van der Waals surface area contributed by atoms with Crippen LogP contribution in [0.5, 0.6) is 0 Å². The molecule has 0 unspecified atom stereocenters. The molecule has 0 bridgehead atoms. The summed E-state index contributed by atoms with van der Waals surface area (Å²) in [7, 11) is 0. The molecule has 1 aromatic heterocycles. The van der Waals surface area contributed by atoms with Crippen molar-refractivity contribution in [3.05, 3.63) is 5.56 Å². The number of nitriles is 1. The highest BCUT2D eigenvalue weighted by atomic mass is 32.1. The van der Waals surface area contributed by atoms with Gasteiger partial charge in [0, 0.05) is 6.54 Å². The van der Waals surface area contributed by atoms with Gasteiger partial charge >= 0.3 is 0 Å². The molecule has 6 heteroatoms. The van der Waals surface area contributed by atoms with Gasteiger partial charge in [-0.15, -0.1) is 0 Å². The van der Waals surface area contributed by atoms with Gasteiger partial charge in [0.2, 0.25) is 0 Å². The highest BCUT2D eigenvalue weighted by Crippen LogP contribution is 2.25. The minimum absolute atomic E-state index is 0.333. The summed E-state index contributed by atoms with van der Waals surface area (Å²) in [5.74, 6) is 0.333. The normalized spacial score (nSPS) is 15.9. The fourth-order valence-electron chi connectivity index (χ4n) is 2.04. The van der Waals surface area contributed by atoms with E-state index in [0.29, 0.717) is 11.4 Å². The minimum atomic E-state index is 0.333. The molecule has 17 heavy (non-hydrogen) atoms. The highest BCUT2D eigenvalue weighted by Gasteiger charge is 2.12. The number of aromatic nitrogens is 1. The molecule has 0 aromatic carbocycles. The number of nitrogens with zero attached hydrogens (tertiary/aromatic N) is 3. The lowest BCUT2D eigenvalue weighted by atomic mass is 10.3. The highest BCUT2D eigenvalue weighted by molar-refractivity contribution is 7.10. The van der Waals surface area contributed by atoms with E-state index in [1.165, 1.54) is 37.5 Å². The first-order valence-electron chi connectivity index (χ1n) is 5.92. The van der Waals surface area contributed by atoms with E-state index in [2.05, 4.69) is 20.7 Å². The fourth-order valence-corrected chi connectivity index (χ4v) is 2.73. The van der Waals surface area contributed by atoms with Gasteiger partial charge in [-0.2, -0.15) is 9.64 Å². The Balaban J connectivity index is 1.72. The van der Waals surface area contributed by atoms with E-state index in [-0.39, 0.29) is 0 Å². The largest absolute Gasteiger partial charge is 0.382 e. The van der Waals surface area contributed by atoms with Gasteiger partial charge in [-0.25, -0.2) is 0 Å². The molecule has 0 atom stereocenters. The molecule has 5 nitrogen and oxygen atoms in total. The van der Waals surface area contributed by atoms with E-state index in [4.69, 9.17) is 11.0 Å². The van der Waals surface area contributed by atoms with Gasteiger partial charge in [0.15, 0.2) is 5.82 Å². The lowest BCUT2D eigenvalue weighted by Crippen LogP contribution is -2.22. The molecule has 1 fully saturated rings. The van der Waals surface area contributed by atoms with Crippen molar-refractivity contribution >= 4 is 22.4 Å². The average molecular weight is 251 g/mol. The van der Waals surface area contributed by atoms with Crippen molar-refractivity contribution in [2.45, 2.75) is 19.3 Å². The summed E-state index contributed by atoms with van der Waals surface area (Å²) < 4.78 is 3.97. The maximum absolute atomic E-state index is 8.91. The van der Waals surface area contributed by atoms with E-state index < -0.39 is 0 Å². The Morgan fingerprint density at radius 3 is 2.94 bits per heavy atom. The summed E-state index contributed by atoms with van der Waals surface area (Å²) in [6.45, 7) is 4.46. The molecule has 92 valence electrons. The van der Waals surface area contributed by atoms with E-state index in [1.807, 2.05) is 0 Å². The van der Waals surface area contributed by atoms with Crippen LogP contribution >= 0.6 is 11.5 Å². The lowest BCUT2D eigenvalue weighted by Gasteiger charge is -2.14. The standard InChI is InChI=1S/C11H17N5S/c12-8-9-10(13)15-17-11(9)14-4-3-7-16-5-1-2-6-16/h14H,1-7H2,(H2,13,15). The monoisotopic (exact) mass is 251 g/mol. The zero-order chi connectivity index (χ0) is 12.1. The van der Waals surface area contributed by atoms with E-state index >= 15 is 0 Å². The third kappa shape index (κ3) is 3.08. The third-order valence-electron chi connectivity index (χ3n) is 2.97. The van der Waals surface area contributed by atoms with Crippen LogP contribution in [0.4, 0.5) is 10.8 Å². The van der Waals surface area contributed by atoms with Gasteiger partial charge < -0.3 is 16.0 Å². The third-order valence-corrected chi connectivity index (χ3v) is 3.78. The number of nitrogens with two attached hydrogens (primary N) is 1. The molecular weight excluding hydrogens is 234 g/mol. The Morgan fingerprint density at radius 2 is 2.24 bits per heavy atom. The van der Waals surface area contributed by atoms with Crippen molar-refractivity contribution in [1.29, 1.82) is 5.26 Å². The van der Waals surface area contributed by atoms with Crippen LogP contribution in [0, 0.1) is 11.3 Å². The van der Waals surface area contributed by atoms with Crippen LogP contribution in [0.25, 0.3) is 0 Å². The second-order valence-electron chi connectivity index (χ2n) is 4.21. The van der Waals surface area contributed by atoms with Gasteiger partial charge in [0.05, 0.1) is 0 Å². The lowest BCUT2D eigenvalue weighted by molar-refractivity contribution is 0.337. The molecule has 0 aliphatic carbocycles. The van der Waals surface area contributed by atoms with Gasteiger partial charge in [-0.3, -0.25) is 0 Å². The van der Waals surface area contributed by atoms with Crippen LogP contribution in [0.2, 0.25) is 0 Å². The second kappa shape index (κ2) is 5.84. The van der Waals surface area contributed by atoms with Crippen molar-refractivity contribution in [2.24, 2.45) is 0 Å². The Kier molecular flexibility index (Phi) is 4.18. The van der Waals surface area contributed by atoms with Gasteiger partial charge in [0.25, 0.3) is 0 Å². The van der Waals surface area contributed by atoms with Crippen LogP contribution in [-0.2, 0) is 0 Å². The van der Waals surface area contributed by atoms with Crippen molar-refractivity contribution in [3.8, 4) is 6.07 Å². The maximum atomic E-state index is 8.91. The summed E-state index contributed by atoms with van der Waals surface area (Å²) in [6.07, 6.45) is 3.75. The molecular formula is C11H17N5S. The van der Waals surface area contributed by atoms with E-state index in [0.717, 1.165) is 24.5 Å². The molecule has 1 aliphatic rings. The molecule has 1 saturated heterocycles. The molecule has 0 saturated carbocycles. The minimum Gasteiger partial charge on any atom is -0.382 e. The summed E-state index contributed by atoms with van der Waals surface area (Å²) in [5.41, 5.74) is 6.07. The van der Waals surface area contributed by atoms with Gasteiger partial charge in [-0.05, 0) is 50.4 Å². The van der Waals surface area contributed by atoms with Crippen LogP contribution in [-0.4, -0.2) is 35.5 Å². The maximum Gasteiger partial charge on any atom is 0.157 e. The topological polar surface area (TPSA) is 78.0 Å². The predicted molar refractivity (Wildman–Crippen MR) is 70.0 cm³/mol. The number of rotatable bonds is 5. The number of anilines is 2. The molecule has 1 aliphatic heterocycles. The molecule has 2 rings (SSSR count). The van der Waals surface area contributed by atoms with Gasteiger partial charge in [-0.1, -0.05) is 0 Å². The first kappa shape index (κ1) is 12.1. The summed E-state index contributed by atoms with van der Waals surface area (Å²) in [6, 6.07) is 2.08. The molecule has 0 spiro atoms. The molecule has 3 N–H and O–H groups in total. The molecule has 0 radical (unpaired) electrons. The fraction of sp³-hybridized carbons (Fsp3) is 0.636. The number of hydrogen-bond donors (Lipinski definition) is 2. The zero-order valence-electron chi connectivity index (χ0n) is 9.78. The molecule has 0 amide bonds. The van der Waals surface area contributed by atoms with Crippen LogP contribution < -0.4 is 11.1 Å². The predicted octanol–water partition coefficient (Wildman–Crippen LogP) is 1.49. The van der Waals surface area contributed by atoms with Crippen molar-refractivity contribution in [2.75, 3.05) is 37.2 Å². The Hall–Kier alpha value is -1.32. The summed E-state index contributed by atoms with van der Waals surface area (Å²) in [5, 5.41) is 12.9. The van der Waals surface area contributed by atoms with Crippen molar-refractivity contribution < 1.29 is 0 Å². The van der Waals surface area contributed by atoms with E-state index in [9.17, 15) is 0 Å².